The number of hydrogen-bond donors (Lipinski definition) is 1. The highest BCUT2D eigenvalue weighted by Crippen LogP contribution is 2.32. The van der Waals surface area contributed by atoms with Crippen molar-refractivity contribution in [1.82, 2.24) is 10.2 Å². The summed E-state index contributed by atoms with van der Waals surface area (Å²) in [5.74, 6) is 0. The summed E-state index contributed by atoms with van der Waals surface area (Å²) in [6.07, 6.45) is 8.90. The van der Waals surface area contributed by atoms with E-state index in [9.17, 15) is 5.26 Å². The Labute approximate surface area is 128 Å². The molecule has 0 bridgehead atoms. The summed E-state index contributed by atoms with van der Waals surface area (Å²) in [5, 5.41) is 13.1. The molecule has 2 aliphatic carbocycles. The number of morpholine rings is 1. The number of rotatable bonds is 5. The summed E-state index contributed by atoms with van der Waals surface area (Å²) in [4.78, 5) is 2.62. The van der Waals surface area contributed by atoms with Gasteiger partial charge in [0, 0.05) is 24.7 Å². The van der Waals surface area contributed by atoms with Gasteiger partial charge in [0.2, 0.25) is 0 Å². The van der Waals surface area contributed by atoms with Gasteiger partial charge in [-0.15, -0.1) is 0 Å². The van der Waals surface area contributed by atoms with Crippen molar-refractivity contribution in [2.75, 3.05) is 13.2 Å². The lowest BCUT2D eigenvalue weighted by Crippen LogP contribution is -2.58. The van der Waals surface area contributed by atoms with Crippen molar-refractivity contribution in [3.63, 3.8) is 0 Å². The lowest BCUT2D eigenvalue weighted by atomic mass is 9.87. The Morgan fingerprint density at radius 3 is 2.81 bits per heavy atom. The van der Waals surface area contributed by atoms with Gasteiger partial charge in [0.1, 0.15) is 5.54 Å². The van der Waals surface area contributed by atoms with Crippen LogP contribution in [0.5, 0.6) is 0 Å². The standard InChI is InChI=1S/C17H29N3O/c1-13(11-17(2,12-18)19-14-7-8-14)20-9-10-21-16-6-4-3-5-15(16)20/h13-16,19H,3-11H2,1-2H3. The minimum Gasteiger partial charge on any atom is -0.375 e. The van der Waals surface area contributed by atoms with E-state index in [1.54, 1.807) is 0 Å². The summed E-state index contributed by atoms with van der Waals surface area (Å²) < 4.78 is 5.97. The SMILES string of the molecule is CC(CC(C)(C#N)NC1CC1)N1CCOC2CCCCC21. The van der Waals surface area contributed by atoms with Crippen molar-refractivity contribution in [3.05, 3.63) is 0 Å². The third kappa shape index (κ3) is 3.59. The molecule has 3 rings (SSSR count). The molecule has 1 N–H and O–H groups in total. The number of hydrogen-bond acceptors (Lipinski definition) is 4. The zero-order valence-electron chi connectivity index (χ0n) is 13.5. The van der Waals surface area contributed by atoms with Gasteiger partial charge in [0.25, 0.3) is 0 Å². The molecule has 4 atom stereocenters. The molecule has 3 fully saturated rings. The second kappa shape index (κ2) is 6.24. The molecule has 0 aromatic heterocycles. The van der Waals surface area contributed by atoms with Crippen molar-refractivity contribution >= 4 is 0 Å². The summed E-state index contributed by atoms with van der Waals surface area (Å²) in [7, 11) is 0. The van der Waals surface area contributed by atoms with Gasteiger partial charge in [-0.05, 0) is 46.0 Å². The Morgan fingerprint density at radius 1 is 1.33 bits per heavy atom. The van der Waals surface area contributed by atoms with Crippen LogP contribution in [-0.4, -0.2) is 47.8 Å². The van der Waals surface area contributed by atoms with Crippen LogP contribution >= 0.6 is 0 Å². The third-order valence-corrected chi connectivity index (χ3v) is 5.39. The van der Waals surface area contributed by atoms with Crippen LogP contribution < -0.4 is 5.32 Å². The van der Waals surface area contributed by atoms with Crippen molar-refractivity contribution in [1.29, 1.82) is 5.26 Å². The molecule has 0 amide bonds. The van der Waals surface area contributed by atoms with E-state index in [0.29, 0.717) is 24.2 Å². The average molecular weight is 291 g/mol. The Bertz CT molecular complexity index is 401. The first-order valence-corrected chi connectivity index (χ1v) is 8.67. The Balaban J connectivity index is 1.62. The molecule has 4 heteroatoms. The fraction of sp³-hybridized carbons (Fsp3) is 0.941. The summed E-state index contributed by atoms with van der Waals surface area (Å²) >= 11 is 0. The smallest absolute Gasteiger partial charge is 0.105 e. The maximum Gasteiger partial charge on any atom is 0.105 e. The topological polar surface area (TPSA) is 48.3 Å². The van der Waals surface area contributed by atoms with Gasteiger partial charge >= 0.3 is 0 Å². The maximum atomic E-state index is 9.59. The lowest BCUT2D eigenvalue weighted by molar-refractivity contribution is -0.102. The predicted molar refractivity (Wildman–Crippen MR) is 83.0 cm³/mol. The molecule has 4 nitrogen and oxygen atoms in total. The van der Waals surface area contributed by atoms with Gasteiger partial charge < -0.3 is 4.74 Å². The van der Waals surface area contributed by atoms with Gasteiger partial charge in [-0.3, -0.25) is 10.2 Å². The van der Waals surface area contributed by atoms with Crippen molar-refractivity contribution < 1.29 is 4.74 Å². The molecule has 4 unspecified atom stereocenters. The first-order chi connectivity index (χ1) is 10.1. The molecule has 3 aliphatic rings. The van der Waals surface area contributed by atoms with Crippen molar-refractivity contribution in [2.24, 2.45) is 0 Å². The van der Waals surface area contributed by atoms with E-state index in [2.05, 4.69) is 30.1 Å². The van der Waals surface area contributed by atoms with E-state index in [4.69, 9.17) is 4.74 Å². The normalized spacial score (nSPS) is 34.5. The Kier molecular flexibility index (Phi) is 4.54. The highest BCUT2D eigenvalue weighted by Gasteiger charge is 2.40. The fourth-order valence-corrected chi connectivity index (χ4v) is 4.20. The lowest BCUT2D eigenvalue weighted by Gasteiger charge is -2.47. The van der Waals surface area contributed by atoms with Crippen molar-refractivity contribution in [2.45, 2.75) is 88.6 Å². The van der Waals surface area contributed by atoms with E-state index < -0.39 is 0 Å². The zero-order valence-corrected chi connectivity index (χ0v) is 13.5. The van der Waals surface area contributed by atoms with Gasteiger partial charge in [-0.25, -0.2) is 0 Å². The van der Waals surface area contributed by atoms with Crippen LogP contribution in [0.3, 0.4) is 0 Å². The molecule has 118 valence electrons. The first kappa shape index (κ1) is 15.3. The molecule has 1 saturated heterocycles. The number of nitrogens with one attached hydrogen (secondary N) is 1. The quantitative estimate of drug-likeness (QED) is 0.845. The molecular weight excluding hydrogens is 262 g/mol. The van der Waals surface area contributed by atoms with Crippen LogP contribution in [0.15, 0.2) is 0 Å². The van der Waals surface area contributed by atoms with Crippen LogP contribution in [0, 0.1) is 11.3 Å². The monoisotopic (exact) mass is 291 g/mol. The maximum absolute atomic E-state index is 9.59. The van der Waals surface area contributed by atoms with Gasteiger partial charge in [-0.1, -0.05) is 12.8 Å². The number of nitrogens with zero attached hydrogens (tertiary/aromatic N) is 2. The van der Waals surface area contributed by atoms with Gasteiger partial charge in [0.05, 0.1) is 18.8 Å². The largest absolute Gasteiger partial charge is 0.375 e. The zero-order chi connectivity index (χ0) is 14.9. The van der Waals surface area contributed by atoms with Crippen LogP contribution in [0.1, 0.15) is 58.8 Å². The Morgan fingerprint density at radius 2 is 2.10 bits per heavy atom. The van der Waals surface area contributed by atoms with E-state index in [-0.39, 0.29) is 5.54 Å². The second-order valence-corrected chi connectivity index (χ2v) is 7.41. The molecule has 0 radical (unpaired) electrons. The molecule has 21 heavy (non-hydrogen) atoms. The van der Waals surface area contributed by atoms with Crippen LogP contribution in [-0.2, 0) is 4.74 Å². The van der Waals surface area contributed by atoms with Gasteiger partial charge in [-0.2, -0.15) is 5.26 Å². The highest BCUT2D eigenvalue weighted by atomic mass is 16.5. The first-order valence-electron chi connectivity index (χ1n) is 8.67. The third-order valence-electron chi connectivity index (χ3n) is 5.39. The minimum atomic E-state index is -0.386. The minimum absolute atomic E-state index is 0.386. The molecule has 1 aliphatic heterocycles. The molecular formula is C17H29N3O. The van der Waals surface area contributed by atoms with E-state index in [1.807, 2.05) is 0 Å². The molecule has 0 spiro atoms. The Hall–Kier alpha value is -0.630. The fourth-order valence-electron chi connectivity index (χ4n) is 4.20. The van der Waals surface area contributed by atoms with Crippen LogP contribution in [0.2, 0.25) is 0 Å². The highest BCUT2D eigenvalue weighted by molar-refractivity contribution is 5.09. The summed E-state index contributed by atoms with van der Waals surface area (Å²) in [5.41, 5.74) is -0.386. The molecule has 0 aromatic rings. The summed E-state index contributed by atoms with van der Waals surface area (Å²) in [6, 6.07) is 4.12. The summed E-state index contributed by atoms with van der Waals surface area (Å²) in [6.45, 7) is 6.24. The predicted octanol–water partition coefficient (Wildman–Crippen LogP) is 2.44. The second-order valence-electron chi connectivity index (χ2n) is 7.41. The molecule has 1 heterocycles. The van der Waals surface area contributed by atoms with E-state index in [0.717, 1.165) is 19.6 Å². The van der Waals surface area contributed by atoms with Gasteiger partial charge in [0.15, 0.2) is 0 Å². The molecule has 0 aromatic carbocycles. The molecule has 2 saturated carbocycles. The number of fused-ring (bicyclic) bond motifs is 1. The van der Waals surface area contributed by atoms with E-state index in [1.165, 1.54) is 38.5 Å². The average Bonchev–Trinajstić information content (AvgIpc) is 3.30. The number of nitriles is 1. The number of ether oxygens (including phenoxy) is 1. The van der Waals surface area contributed by atoms with Crippen LogP contribution in [0.25, 0.3) is 0 Å². The van der Waals surface area contributed by atoms with E-state index >= 15 is 0 Å². The van der Waals surface area contributed by atoms with Crippen molar-refractivity contribution in [3.8, 4) is 6.07 Å². The van der Waals surface area contributed by atoms with Crippen LogP contribution in [0.4, 0.5) is 0 Å².